The SMILES string of the molecule is CN1CCN(CCNC(=O)CCCN2CCSc3ccccc32)CC1. The normalized spacial score (nSPS) is 18.8. The summed E-state index contributed by atoms with van der Waals surface area (Å²) in [5, 5.41) is 3.08. The number of rotatable bonds is 7. The van der Waals surface area contributed by atoms with Crippen molar-refractivity contribution >= 4 is 23.4 Å². The van der Waals surface area contributed by atoms with E-state index in [9.17, 15) is 4.79 Å². The third kappa shape index (κ3) is 5.62. The summed E-state index contributed by atoms with van der Waals surface area (Å²) in [5.41, 5.74) is 1.33. The average molecular weight is 363 g/mol. The van der Waals surface area contributed by atoms with Gasteiger partial charge in [0.1, 0.15) is 0 Å². The second kappa shape index (κ2) is 9.46. The van der Waals surface area contributed by atoms with Crippen molar-refractivity contribution in [2.45, 2.75) is 17.7 Å². The molecule has 0 aromatic heterocycles. The fraction of sp³-hybridized carbons (Fsp3) is 0.632. The van der Waals surface area contributed by atoms with Crippen LogP contribution in [0.4, 0.5) is 5.69 Å². The number of hydrogen-bond donors (Lipinski definition) is 1. The van der Waals surface area contributed by atoms with Crippen LogP contribution in [0.1, 0.15) is 12.8 Å². The Labute approximate surface area is 155 Å². The summed E-state index contributed by atoms with van der Waals surface area (Å²) in [6.45, 7) is 8.25. The zero-order valence-electron chi connectivity index (χ0n) is 15.2. The van der Waals surface area contributed by atoms with Crippen LogP contribution in [0, 0.1) is 0 Å². The van der Waals surface area contributed by atoms with Gasteiger partial charge in [0.15, 0.2) is 0 Å². The standard InChI is InChI=1S/C19H30N4OS/c1-21-11-13-22(14-12-21)10-8-20-19(24)7-4-9-23-15-16-25-18-6-3-2-5-17(18)23/h2-3,5-6H,4,7-16H2,1H3,(H,20,24). The largest absolute Gasteiger partial charge is 0.370 e. The minimum absolute atomic E-state index is 0.189. The van der Waals surface area contributed by atoms with Crippen LogP contribution in [-0.2, 0) is 4.79 Å². The summed E-state index contributed by atoms with van der Waals surface area (Å²) in [7, 11) is 2.17. The molecule has 1 saturated heterocycles. The summed E-state index contributed by atoms with van der Waals surface area (Å²) in [6, 6.07) is 8.58. The Morgan fingerprint density at radius 3 is 2.76 bits per heavy atom. The van der Waals surface area contributed by atoms with Crippen molar-refractivity contribution in [1.82, 2.24) is 15.1 Å². The van der Waals surface area contributed by atoms with Crippen LogP contribution < -0.4 is 10.2 Å². The molecule has 2 heterocycles. The Morgan fingerprint density at radius 2 is 1.92 bits per heavy atom. The highest BCUT2D eigenvalue weighted by molar-refractivity contribution is 7.99. The van der Waals surface area contributed by atoms with Crippen LogP contribution in [0.15, 0.2) is 29.2 Å². The van der Waals surface area contributed by atoms with E-state index in [0.717, 1.165) is 64.5 Å². The number of benzene rings is 1. The number of amides is 1. The van der Waals surface area contributed by atoms with Crippen molar-refractivity contribution in [2.75, 3.05) is 70.1 Å². The monoisotopic (exact) mass is 362 g/mol. The van der Waals surface area contributed by atoms with E-state index in [-0.39, 0.29) is 5.91 Å². The zero-order chi connectivity index (χ0) is 17.5. The van der Waals surface area contributed by atoms with Gasteiger partial charge in [-0.15, -0.1) is 11.8 Å². The van der Waals surface area contributed by atoms with Crippen molar-refractivity contribution in [1.29, 1.82) is 0 Å². The molecule has 0 aliphatic carbocycles. The van der Waals surface area contributed by atoms with Gasteiger partial charge in [-0.3, -0.25) is 9.69 Å². The molecule has 1 N–H and O–H groups in total. The number of thioether (sulfide) groups is 1. The molecule has 6 heteroatoms. The first-order valence-electron chi connectivity index (χ1n) is 9.37. The molecule has 1 amide bonds. The van der Waals surface area contributed by atoms with Crippen molar-refractivity contribution in [3.63, 3.8) is 0 Å². The van der Waals surface area contributed by atoms with E-state index in [1.54, 1.807) is 0 Å². The Balaban J connectivity index is 1.31. The Kier molecular flexibility index (Phi) is 7.02. The van der Waals surface area contributed by atoms with Gasteiger partial charge < -0.3 is 15.1 Å². The van der Waals surface area contributed by atoms with E-state index in [1.165, 1.54) is 10.6 Å². The van der Waals surface area contributed by atoms with Crippen LogP contribution in [-0.4, -0.2) is 80.9 Å². The van der Waals surface area contributed by atoms with Crippen molar-refractivity contribution in [3.05, 3.63) is 24.3 Å². The smallest absolute Gasteiger partial charge is 0.220 e. The summed E-state index contributed by atoms with van der Waals surface area (Å²) in [4.78, 5) is 20.6. The molecule has 25 heavy (non-hydrogen) atoms. The van der Waals surface area contributed by atoms with Crippen LogP contribution in [0.5, 0.6) is 0 Å². The van der Waals surface area contributed by atoms with Gasteiger partial charge in [0.05, 0.1) is 5.69 Å². The number of fused-ring (bicyclic) bond motifs is 1. The molecule has 5 nitrogen and oxygen atoms in total. The van der Waals surface area contributed by atoms with Gasteiger partial charge in [0.2, 0.25) is 5.91 Å². The van der Waals surface area contributed by atoms with Gasteiger partial charge >= 0.3 is 0 Å². The molecular formula is C19H30N4OS. The predicted molar refractivity (Wildman–Crippen MR) is 106 cm³/mol. The van der Waals surface area contributed by atoms with Crippen molar-refractivity contribution in [2.24, 2.45) is 0 Å². The molecule has 0 atom stereocenters. The maximum absolute atomic E-state index is 12.1. The second-order valence-electron chi connectivity index (χ2n) is 6.90. The highest BCUT2D eigenvalue weighted by Gasteiger charge is 2.17. The van der Waals surface area contributed by atoms with Crippen LogP contribution >= 0.6 is 11.8 Å². The molecule has 0 radical (unpaired) electrons. The quantitative estimate of drug-likeness (QED) is 0.800. The fourth-order valence-electron chi connectivity index (χ4n) is 3.40. The van der Waals surface area contributed by atoms with Crippen molar-refractivity contribution in [3.8, 4) is 0 Å². The Bertz CT molecular complexity index is 560. The third-order valence-electron chi connectivity index (χ3n) is 5.00. The van der Waals surface area contributed by atoms with E-state index in [4.69, 9.17) is 0 Å². The van der Waals surface area contributed by atoms with Gasteiger partial charge in [0, 0.05) is 69.4 Å². The number of anilines is 1. The van der Waals surface area contributed by atoms with Gasteiger partial charge in [-0.1, -0.05) is 12.1 Å². The van der Waals surface area contributed by atoms with Gasteiger partial charge in [-0.2, -0.15) is 0 Å². The molecule has 2 aliphatic heterocycles. The van der Waals surface area contributed by atoms with Gasteiger partial charge in [0.25, 0.3) is 0 Å². The number of nitrogens with one attached hydrogen (secondary N) is 1. The highest BCUT2D eigenvalue weighted by Crippen LogP contribution is 2.34. The molecule has 0 saturated carbocycles. The Hall–Kier alpha value is -1.24. The lowest BCUT2D eigenvalue weighted by atomic mass is 10.2. The predicted octanol–water partition coefficient (Wildman–Crippen LogP) is 1.74. The number of carbonyl (C=O) groups is 1. The summed E-state index contributed by atoms with van der Waals surface area (Å²) >= 11 is 1.93. The zero-order valence-corrected chi connectivity index (χ0v) is 16.1. The van der Waals surface area contributed by atoms with E-state index in [2.05, 4.69) is 51.3 Å². The van der Waals surface area contributed by atoms with E-state index < -0.39 is 0 Å². The van der Waals surface area contributed by atoms with Crippen molar-refractivity contribution < 1.29 is 4.79 Å². The average Bonchev–Trinajstić information content (AvgIpc) is 2.64. The first-order valence-corrected chi connectivity index (χ1v) is 10.4. The maximum Gasteiger partial charge on any atom is 0.220 e. The van der Waals surface area contributed by atoms with E-state index >= 15 is 0 Å². The highest BCUT2D eigenvalue weighted by atomic mass is 32.2. The number of para-hydroxylation sites is 1. The van der Waals surface area contributed by atoms with Crippen LogP contribution in [0.3, 0.4) is 0 Å². The summed E-state index contributed by atoms with van der Waals surface area (Å²) < 4.78 is 0. The molecule has 3 rings (SSSR count). The van der Waals surface area contributed by atoms with E-state index in [0.29, 0.717) is 6.42 Å². The maximum atomic E-state index is 12.1. The lowest BCUT2D eigenvalue weighted by molar-refractivity contribution is -0.121. The molecule has 1 aromatic rings. The molecular weight excluding hydrogens is 332 g/mol. The lowest BCUT2D eigenvalue weighted by Crippen LogP contribution is -2.46. The molecule has 0 unspecified atom stereocenters. The second-order valence-corrected chi connectivity index (χ2v) is 8.04. The topological polar surface area (TPSA) is 38.8 Å². The number of piperazine rings is 1. The summed E-state index contributed by atoms with van der Waals surface area (Å²) in [5.74, 6) is 1.32. The summed E-state index contributed by atoms with van der Waals surface area (Å²) in [6.07, 6.45) is 1.54. The molecule has 138 valence electrons. The van der Waals surface area contributed by atoms with Gasteiger partial charge in [-0.05, 0) is 25.6 Å². The van der Waals surface area contributed by atoms with E-state index in [1.807, 2.05) is 11.8 Å². The molecule has 2 aliphatic rings. The van der Waals surface area contributed by atoms with Crippen LogP contribution in [0.2, 0.25) is 0 Å². The minimum atomic E-state index is 0.189. The number of hydrogen-bond acceptors (Lipinski definition) is 5. The number of carbonyl (C=O) groups excluding carboxylic acids is 1. The molecule has 1 aromatic carbocycles. The minimum Gasteiger partial charge on any atom is -0.370 e. The molecule has 0 spiro atoms. The lowest BCUT2D eigenvalue weighted by Gasteiger charge is -2.32. The van der Waals surface area contributed by atoms with Crippen LogP contribution in [0.25, 0.3) is 0 Å². The third-order valence-corrected chi connectivity index (χ3v) is 6.05. The van der Waals surface area contributed by atoms with Gasteiger partial charge in [-0.25, -0.2) is 0 Å². The fourth-order valence-corrected chi connectivity index (χ4v) is 4.45. The number of likely N-dealkylation sites (N-methyl/N-ethyl adjacent to an activating group) is 1. The Morgan fingerprint density at radius 1 is 1.12 bits per heavy atom. The first-order chi connectivity index (χ1) is 12.2. The molecule has 1 fully saturated rings. The molecule has 0 bridgehead atoms. The first kappa shape index (κ1) is 18.5. The number of nitrogens with zero attached hydrogens (tertiary/aromatic N) is 3.